The zero-order valence-electron chi connectivity index (χ0n) is 16.3. The third-order valence-corrected chi connectivity index (χ3v) is 6.83. The minimum Gasteiger partial charge on any atom is -0.369 e. The molecule has 1 atom stereocenters. The molecule has 0 spiro atoms. The van der Waals surface area contributed by atoms with Crippen LogP contribution in [0.5, 0.6) is 0 Å². The number of anilines is 2. The molecule has 1 saturated heterocycles. The van der Waals surface area contributed by atoms with Crippen molar-refractivity contribution < 1.29 is 13.8 Å². The molecule has 0 bridgehead atoms. The summed E-state index contributed by atoms with van der Waals surface area (Å²) in [5.74, 6) is -0.228. The van der Waals surface area contributed by atoms with Crippen molar-refractivity contribution in [2.45, 2.75) is 17.7 Å². The number of piperazine rings is 1. The van der Waals surface area contributed by atoms with E-state index in [0.29, 0.717) is 22.6 Å². The summed E-state index contributed by atoms with van der Waals surface area (Å²) in [6, 6.07) is 15.5. The number of rotatable bonds is 6. The van der Waals surface area contributed by atoms with Gasteiger partial charge in [0.05, 0.1) is 21.4 Å². The maximum atomic E-state index is 12.6. The first-order valence-electron chi connectivity index (χ1n) is 9.98. The first-order chi connectivity index (χ1) is 14.1. The third kappa shape index (κ3) is 4.74. The maximum Gasteiger partial charge on any atom is 0.237 e. The van der Waals surface area contributed by atoms with E-state index in [1.54, 1.807) is 18.2 Å². The quantitative estimate of drug-likeness (QED) is 0.740. The molecule has 2 aliphatic heterocycles. The predicted octanol–water partition coefficient (Wildman–Crippen LogP) is 2.53. The number of para-hydroxylation sites is 1. The van der Waals surface area contributed by atoms with Crippen LogP contribution in [0.3, 0.4) is 0 Å². The summed E-state index contributed by atoms with van der Waals surface area (Å²) in [6.07, 6.45) is 1.27. The van der Waals surface area contributed by atoms with Crippen LogP contribution in [0.2, 0.25) is 0 Å². The van der Waals surface area contributed by atoms with Gasteiger partial charge in [-0.2, -0.15) is 0 Å². The average molecular weight is 412 g/mol. The van der Waals surface area contributed by atoms with Gasteiger partial charge in [-0.3, -0.25) is 18.7 Å². The van der Waals surface area contributed by atoms with Gasteiger partial charge in [0.25, 0.3) is 0 Å². The van der Waals surface area contributed by atoms with Gasteiger partial charge in [0.1, 0.15) is 5.75 Å². The first-order valence-corrected chi connectivity index (χ1v) is 11.3. The number of hydrogen-bond acceptors (Lipinski definition) is 5. The average Bonchev–Trinajstić information content (AvgIpc) is 2.74. The number of carbonyl (C=O) groups is 2. The van der Waals surface area contributed by atoms with Crippen molar-refractivity contribution in [3.8, 4) is 0 Å². The molecule has 2 aromatic rings. The highest BCUT2D eigenvalue weighted by Gasteiger charge is 2.22. The van der Waals surface area contributed by atoms with Crippen LogP contribution < -0.4 is 10.2 Å². The number of nitrogens with one attached hydrogen (secondary N) is 1. The maximum absolute atomic E-state index is 12.6. The highest BCUT2D eigenvalue weighted by Crippen LogP contribution is 2.26. The molecule has 1 unspecified atom stereocenters. The van der Waals surface area contributed by atoms with Gasteiger partial charge < -0.3 is 10.2 Å². The summed E-state index contributed by atoms with van der Waals surface area (Å²) in [7, 11) is -1.33. The Morgan fingerprint density at radius 1 is 1.03 bits per heavy atom. The smallest absolute Gasteiger partial charge is 0.237 e. The highest BCUT2D eigenvalue weighted by atomic mass is 32.2. The van der Waals surface area contributed by atoms with Crippen molar-refractivity contribution in [3.63, 3.8) is 0 Å². The molecule has 1 N–H and O–H groups in total. The fraction of sp³-hybridized carbons (Fsp3) is 0.364. The molecular formula is C22H25N3O3S. The van der Waals surface area contributed by atoms with Crippen molar-refractivity contribution in [2.75, 3.05) is 48.7 Å². The van der Waals surface area contributed by atoms with E-state index in [1.807, 2.05) is 6.07 Å². The van der Waals surface area contributed by atoms with E-state index in [0.717, 1.165) is 39.1 Å². The number of amides is 1. The Bertz CT molecular complexity index is 924. The van der Waals surface area contributed by atoms with Crippen LogP contribution in [0.4, 0.5) is 11.4 Å². The SMILES string of the molecule is O=C1CS(=O)c2ccc(C(=O)CCCN3CCN(c4ccccc4)CC3)cc2N1. The van der Waals surface area contributed by atoms with Gasteiger partial charge in [-0.05, 0) is 37.2 Å². The zero-order valence-corrected chi connectivity index (χ0v) is 17.1. The summed E-state index contributed by atoms with van der Waals surface area (Å²) in [4.78, 5) is 29.5. The summed E-state index contributed by atoms with van der Waals surface area (Å²) in [5.41, 5.74) is 2.34. The number of fused-ring (bicyclic) bond motifs is 1. The van der Waals surface area contributed by atoms with E-state index >= 15 is 0 Å². The molecule has 6 nitrogen and oxygen atoms in total. The molecule has 2 heterocycles. The lowest BCUT2D eigenvalue weighted by molar-refractivity contribution is -0.114. The summed E-state index contributed by atoms with van der Waals surface area (Å²) in [6.45, 7) is 4.90. The monoisotopic (exact) mass is 411 g/mol. The van der Waals surface area contributed by atoms with E-state index in [2.05, 4.69) is 39.4 Å². The molecule has 7 heteroatoms. The fourth-order valence-electron chi connectivity index (χ4n) is 3.86. The van der Waals surface area contributed by atoms with Gasteiger partial charge in [-0.25, -0.2) is 0 Å². The molecular weight excluding hydrogens is 386 g/mol. The molecule has 29 heavy (non-hydrogen) atoms. The van der Waals surface area contributed by atoms with Crippen molar-refractivity contribution in [1.82, 2.24) is 4.90 Å². The van der Waals surface area contributed by atoms with Crippen LogP contribution in [-0.4, -0.2) is 59.3 Å². The van der Waals surface area contributed by atoms with E-state index in [9.17, 15) is 13.8 Å². The van der Waals surface area contributed by atoms with Gasteiger partial charge in [0.2, 0.25) is 5.91 Å². The van der Waals surface area contributed by atoms with Crippen LogP contribution in [0.25, 0.3) is 0 Å². The predicted molar refractivity (Wildman–Crippen MR) is 115 cm³/mol. The minimum absolute atomic E-state index is 0.0160. The molecule has 2 aliphatic rings. The molecule has 1 fully saturated rings. The number of benzene rings is 2. The van der Waals surface area contributed by atoms with Crippen molar-refractivity contribution in [2.24, 2.45) is 0 Å². The van der Waals surface area contributed by atoms with Gasteiger partial charge in [-0.1, -0.05) is 24.3 Å². The Morgan fingerprint density at radius 3 is 2.55 bits per heavy atom. The van der Waals surface area contributed by atoms with E-state index in [-0.39, 0.29) is 17.4 Å². The molecule has 0 aromatic heterocycles. The molecule has 2 aromatic carbocycles. The Morgan fingerprint density at radius 2 is 1.79 bits per heavy atom. The molecule has 0 radical (unpaired) electrons. The lowest BCUT2D eigenvalue weighted by atomic mass is 10.1. The standard InChI is InChI=1S/C22H25N3O3S/c26-20(17-8-9-21-19(15-17)23-22(27)16-29(21)28)7-4-10-24-11-13-25(14-12-24)18-5-2-1-3-6-18/h1-3,5-6,8-9,15H,4,7,10-14,16H2,(H,23,27). The van der Waals surface area contributed by atoms with Crippen LogP contribution in [0.1, 0.15) is 23.2 Å². The van der Waals surface area contributed by atoms with Crippen LogP contribution in [-0.2, 0) is 15.6 Å². The summed E-state index contributed by atoms with van der Waals surface area (Å²) in [5, 5.41) is 2.71. The normalized spacial score (nSPS) is 19.5. The lowest BCUT2D eigenvalue weighted by Crippen LogP contribution is -2.46. The Kier molecular flexibility index (Phi) is 6.06. The number of carbonyl (C=O) groups excluding carboxylic acids is 2. The molecule has 0 saturated carbocycles. The summed E-state index contributed by atoms with van der Waals surface area (Å²) >= 11 is 0. The summed E-state index contributed by atoms with van der Waals surface area (Å²) < 4.78 is 12.0. The molecule has 1 amide bonds. The van der Waals surface area contributed by atoms with Gasteiger partial charge in [-0.15, -0.1) is 0 Å². The second-order valence-corrected chi connectivity index (χ2v) is 8.86. The lowest BCUT2D eigenvalue weighted by Gasteiger charge is -2.36. The van der Waals surface area contributed by atoms with Gasteiger partial charge in [0.15, 0.2) is 5.78 Å². The topological polar surface area (TPSA) is 69.7 Å². The van der Waals surface area contributed by atoms with E-state index < -0.39 is 10.8 Å². The van der Waals surface area contributed by atoms with Gasteiger partial charge >= 0.3 is 0 Å². The van der Waals surface area contributed by atoms with Crippen molar-refractivity contribution in [1.29, 1.82) is 0 Å². The fourth-order valence-corrected chi connectivity index (χ4v) is 4.90. The largest absolute Gasteiger partial charge is 0.369 e. The second kappa shape index (κ2) is 8.88. The third-order valence-electron chi connectivity index (χ3n) is 5.45. The van der Waals surface area contributed by atoms with Crippen molar-refractivity contribution >= 4 is 33.9 Å². The second-order valence-electron chi connectivity index (χ2n) is 7.44. The highest BCUT2D eigenvalue weighted by molar-refractivity contribution is 7.86. The van der Waals surface area contributed by atoms with Crippen LogP contribution in [0.15, 0.2) is 53.4 Å². The number of ketones is 1. The minimum atomic E-state index is -1.33. The van der Waals surface area contributed by atoms with Crippen LogP contribution in [0, 0.1) is 0 Å². The Balaban J connectivity index is 1.25. The number of hydrogen-bond donors (Lipinski definition) is 1. The number of Topliss-reactive ketones (excluding diaryl/α,β-unsaturated/α-hetero) is 1. The van der Waals surface area contributed by atoms with Crippen molar-refractivity contribution in [3.05, 3.63) is 54.1 Å². The molecule has 0 aliphatic carbocycles. The Hall–Kier alpha value is -2.51. The van der Waals surface area contributed by atoms with Crippen LogP contribution >= 0.6 is 0 Å². The first kappa shape index (κ1) is 19.8. The molecule has 4 rings (SSSR count). The molecule has 152 valence electrons. The number of nitrogens with zero attached hydrogens (tertiary/aromatic N) is 2. The van der Waals surface area contributed by atoms with E-state index in [4.69, 9.17) is 0 Å². The van der Waals surface area contributed by atoms with Gasteiger partial charge in [0, 0.05) is 43.9 Å². The zero-order chi connectivity index (χ0) is 20.2. The van der Waals surface area contributed by atoms with E-state index in [1.165, 1.54) is 5.69 Å². The Labute approximate surface area is 173 Å².